The van der Waals surface area contributed by atoms with Gasteiger partial charge in [0.2, 0.25) is 17.6 Å². The number of aromatic nitrogens is 2. The van der Waals surface area contributed by atoms with Crippen LogP contribution in [-0.2, 0) is 11.2 Å². The number of aryl methyl sites for hydroxylation is 1. The van der Waals surface area contributed by atoms with E-state index in [-0.39, 0.29) is 17.8 Å². The van der Waals surface area contributed by atoms with Crippen LogP contribution in [0.4, 0.5) is 4.39 Å². The number of amides is 1. The Labute approximate surface area is 152 Å². The van der Waals surface area contributed by atoms with Crippen molar-refractivity contribution < 1.29 is 13.7 Å². The average molecular weight is 360 g/mol. The van der Waals surface area contributed by atoms with E-state index in [4.69, 9.17) is 10.3 Å². The average Bonchev–Trinajstić information content (AvgIpc) is 3.11. The zero-order valence-electron chi connectivity index (χ0n) is 14.8. The molecule has 1 aliphatic carbocycles. The molecule has 0 spiro atoms. The molecule has 3 rings (SSSR count). The van der Waals surface area contributed by atoms with Crippen LogP contribution < -0.4 is 11.1 Å². The van der Waals surface area contributed by atoms with E-state index in [1.165, 1.54) is 18.6 Å². The van der Waals surface area contributed by atoms with Crippen molar-refractivity contribution in [1.29, 1.82) is 0 Å². The Hall–Kier alpha value is -2.28. The molecule has 26 heavy (non-hydrogen) atoms. The summed E-state index contributed by atoms with van der Waals surface area (Å²) >= 11 is 0. The zero-order valence-corrected chi connectivity index (χ0v) is 14.8. The Balaban J connectivity index is 1.44. The van der Waals surface area contributed by atoms with E-state index in [0.29, 0.717) is 49.0 Å². The molecule has 1 fully saturated rings. The fraction of sp³-hybridized carbons (Fsp3) is 0.526. The third kappa shape index (κ3) is 4.88. The molecule has 0 bridgehead atoms. The molecule has 0 radical (unpaired) electrons. The number of carbonyl (C=O) groups excluding carboxylic acids is 1. The largest absolute Gasteiger partial charge is 0.353 e. The molecular formula is C19H25FN4O2. The minimum atomic E-state index is -0.307. The summed E-state index contributed by atoms with van der Waals surface area (Å²) in [6.45, 7) is 0.624. The quantitative estimate of drug-likeness (QED) is 0.792. The summed E-state index contributed by atoms with van der Waals surface area (Å²) in [6.07, 6.45) is 6.04. The maximum atomic E-state index is 13.0. The first-order chi connectivity index (χ1) is 12.7. The molecule has 2 atom stereocenters. The van der Waals surface area contributed by atoms with E-state index in [0.717, 1.165) is 19.3 Å². The maximum absolute atomic E-state index is 13.0. The van der Waals surface area contributed by atoms with Crippen molar-refractivity contribution in [2.45, 2.75) is 51.0 Å². The Morgan fingerprint density at radius 3 is 2.81 bits per heavy atom. The normalized spacial score (nSPS) is 20.1. The van der Waals surface area contributed by atoms with Gasteiger partial charge < -0.3 is 15.6 Å². The summed E-state index contributed by atoms with van der Waals surface area (Å²) in [5.74, 6) is 1.04. The topological polar surface area (TPSA) is 94.0 Å². The van der Waals surface area contributed by atoms with E-state index in [2.05, 4.69) is 15.5 Å². The van der Waals surface area contributed by atoms with Crippen LogP contribution in [0.25, 0.3) is 11.4 Å². The molecule has 7 heteroatoms. The SMILES string of the molecule is NCC1CCCCC1NC(=O)CCCc1nc(-c2ccc(F)cc2)no1. The van der Waals surface area contributed by atoms with Crippen LogP contribution in [0.5, 0.6) is 0 Å². The molecular weight excluding hydrogens is 335 g/mol. The van der Waals surface area contributed by atoms with Crippen molar-refractivity contribution in [3.8, 4) is 11.4 Å². The Kier molecular flexibility index (Phi) is 6.33. The van der Waals surface area contributed by atoms with Crippen molar-refractivity contribution in [1.82, 2.24) is 15.5 Å². The lowest BCUT2D eigenvalue weighted by molar-refractivity contribution is -0.122. The molecule has 1 aromatic carbocycles. The maximum Gasteiger partial charge on any atom is 0.226 e. The minimum Gasteiger partial charge on any atom is -0.353 e. The summed E-state index contributed by atoms with van der Waals surface area (Å²) < 4.78 is 18.2. The van der Waals surface area contributed by atoms with Crippen LogP contribution in [0.15, 0.2) is 28.8 Å². The van der Waals surface area contributed by atoms with Gasteiger partial charge in [0.1, 0.15) is 5.82 Å². The fourth-order valence-corrected chi connectivity index (χ4v) is 3.43. The van der Waals surface area contributed by atoms with Crippen molar-refractivity contribution in [2.24, 2.45) is 11.7 Å². The van der Waals surface area contributed by atoms with E-state index in [1.54, 1.807) is 12.1 Å². The van der Waals surface area contributed by atoms with Gasteiger partial charge in [-0.2, -0.15) is 4.98 Å². The van der Waals surface area contributed by atoms with E-state index >= 15 is 0 Å². The van der Waals surface area contributed by atoms with Crippen molar-refractivity contribution in [3.05, 3.63) is 36.0 Å². The highest BCUT2D eigenvalue weighted by Gasteiger charge is 2.25. The number of hydrogen-bond donors (Lipinski definition) is 2. The van der Waals surface area contributed by atoms with E-state index in [9.17, 15) is 9.18 Å². The lowest BCUT2D eigenvalue weighted by Gasteiger charge is -2.31. The molecule has 140 valence electrons. The predicted octanol–water partition coefficient (Wildman–Crippen LogP) is 2.83. The molecule has 2 aromatic rings. The van der Waals surface area contributed by atoms with Gasteiger partial charge in [0.25, 0.3) is 0 Å². The van der Waals surface area contributed by atoms with Gasteiger partial charge in [-0.15, -0.1) is 0 Å². The molecule has 1 amide bonds. The van der Waals surface area contributed by atoms with Crippen LogP contribution in [-0.4, -0.2) is 28.6 Å². The highest BCUT2D eigenvalue weighted by Crippen LogP contribution is 2.23. The molecule has 3 N–H and O–H groups in total. The molecule has 1 aliphatic rings. The minimum absolute atomic E-state index is 0.0497. The van der Waals surface area contributed by atoms with Gasteiger partial charge in [-0.25, -0.2) is 4.39 Å². The number of rotatable bonds is 7. The molecule has 6 nitrogen and oxygen atoms in total. The molecule has 0 saturated heterocycles. The predicted molar refractivity (Wildman–Crippen MR) is 95.6 cm³/mol. The summed E-state index contributed by atoms with van der Waals surface area (Å²) in [7, 11) is 0. The number of hydrogen-bond acceptors (Lipinski definition) is 5. The zero-order chi connectivity index (χ0) is 18.4. The third-order valence-electron chi connectivity index (χ3n) is 4.92. The molecule has 1 heterocycles. The van der Waals surface area contributed by atoms with Gasteiger partial charge in [-0.1, -0.05) is 18.0 Å². The smallest absolute Gasteiger partial charge is 0.226 e. The van der Waals surface area contributed by atoms with Crippen LogP contribution in [0.1, 0.15) is 44.4 Å². The lowest BCUT2D eigenvalue weighted by Crippen LogP contribution is -2.44. The molecule has 0 aliphatic heterocycles. The summed E-state index contributed by atoms with van der Waals surface area (Å²) in [4.78, 5) is 16.5. The molecule has 2 unspecified atom stereocenters. The molecule has 1 saturated carbocycles. The first-order valence-electron chi connectivity index (χ1n) is 9.23. The van der Waals surface area contributed by atoms with E-state index < -0.39 is 0 Å². The van der Waals surface area contributed by atoms with Gasteiger partial charge in [-0.3, -0.25) is 4.79 Å². The first-order valence-corrected chi connectivity index (χ1v) is 9.23. The van der Waals surface area contributed by atoms with Gasteiger partial charge in [0.15, 0.2) is 0 Å². The number of carbonyl (C=O) groups is 1. The summed E-state index contributed by atoms with van der Waals surface area (Å²) in [5.41, 5.74) is 6.50. The summed E-state index contributed by atoms with van der Waals surface area (Å²) in [5, 5.41) is 7.03. The Morgan fingerprint density at radius 1 is 1.27 bits per heavy atom. The van der Waals surface area contributed by atoms with Gasteiger partial charge >= 0.3 is 0 Å². The standard InChI is InChI=1S/C19H25FN4O2/c20-15-10-8-13(9-11-15)19-23-18(26-24-19)7-3-6-17(25)22-16-5-2-1-4-14(16)12-21/h8-11,14,16H,1-7,12,21H2,(H,22,25). The van der Waals surface area contributed by atoms with Crippen LogP contribution in [0, 0.1) is 11.7 Å². The van der Waals surface area contributed by atoms with Crippen molar-refractivity contribution in [2.75, 3.05) is 6.54 Å². The second-order valence-corrected chi connectivity index (χ2v) is 6.83. The number of nitrogens with zero attached hydrogens (tertiary/aromatic N) is 2. The highest BCUT2D eigenvalue weighted by atomic mass is 19.1. The van der Waals surface area contributed by atoms with Crippen LogP contribution in [0.2, 0.25) is 0 Å². The monoisotopic (exact) mass is 360 g/mol. The number of benzene rings is 1. The Morgan fingerprint density at radius 2 is 2.04 bits per heavy atom. The Bertz CT molecular complexity index is 717. The number of nitrogens with one attached hydrogen (secondary N) is 1. The van der Waals surface area contributed by atoms with Crippen LogP contribution in [0.3, 0.4) is 0 Å². The lowest BCUT2D eigenvalue weighted by atomic mass is 9.84. The van der Waals surface area contributed by atoms with E-state index in [1.807, 2.05) is 0 Å². The number of nitrogens with two attached hydrogens (primary N) is 1. The fourth-order valence-electron chi connectivity index (χ4n) is 3.43. The van der Waals surface area contributed by atoms with Gasteiger partial charge in [0, 0.05) is 24.4 Å². The summed E-state index contributed by atoms with van der Waals surface area (Å²) in [6, 6.07) is 6.13. The van der Waals surface area contributed by atoms with Crippen molar-refractivity contribution >= 4 is 5.91 Å². The van der Waals surface area contributed by atoms with Gasteiger partial charge in [-0.05, 0) is 56.0 Å². The van der Waals surface area contributed by atoms with Crippen LogP contribution >= 0.6 is 0 Å². The number of halogens is 1. The third-order valence-corrected chi connectivity index (χ3v) is 4.92. The molecule has 1 aromatic heterocycles. The second-order valence-electron chi connectivity index (χ2n) is 6.83. The second kappa shape index (κ2) is 8.89. The highest BCUT2D eigenvalue weighted by molar-refractivity contribution is 5.76. The van der Waals surface area contributed by atoms with Gasteiger partial charge in [0.05, 0.1) is 0 Å². The first kappa shape index (κ1) is 18.5. The van der Waals surface area contributed by atoms with Crippen molar-refractivity contribution in [3.63, 3.8) is 0 Å².